The summed E-state index contributed by atoms with van der Waals surface area (Å²) in [5.74, 6) is 0.735. The molecule has 5 heteroatoms. The maximum atomic E-state index is 12.3. The summed E-state index contributed by atoms with van der Waals surface area (Å²) >= 11 is 0. The molecule has 0 radical (unpaired) electrons. The van der Waals surface area contributed by atoms with Gasteiger partial charge in [-0.05, 0) is 18.2 Å². The van der Waals surface area contributed by atoms with Crippen molar-refractivity contribution in [1.82, 2.24) is 9.88 Å². The molecule has 21 heavy (non-hydrogen) atoms. The minimum absolute atomic E-state index is 0.0155. The predicted octanol–water partition coefficient (Wildman–Crippen LogP) is 2.18. The SMILES string of the molecule is N#Cc1c[nH]c(C(=O)N2CC[C@@H](Oc3ccccc3)C2)c1. The summed E-state index contributed by atoms with van der Waals surface area (Å²) in [4.78, 5) is 16.9. The maximum Gasteiger partial charge on any atom is 0.270 e. The molecule has 1 N–H and O–H groups in total. The monoisotopic (exact) mass is 281 g/mol. The molecular weight excluding hydrogens is 266 g/mol. The van der Waals surface area contributed by atoms with E-state index in [1.807, 2.05) is 36.4 Å². The lowest BCUT2D eigenvalue weighted by atomic mass is 10.3. The van der Waals surface area contributed by atoms with Crippen molar-refractivity contribution in [2.45, 2.75) is 12.5 Å². The zero-order chi connectivity index (χ0) is 14.7. The van der Waals surface area contributed by atoms with Gasteiger partial charge in [-0.25, -0.2) is 0 Å². The van der Waals surface area contributed by atoms with Crippen LogP contribution < -0.4 is 4.74 Å². The Labute approximate surface area is 122 Å². The number of carbonyl (C=O) groups excluding carboxylic acids is 1. The Morgan fingerprint density at radius 2 is 2.19 bits per heavy atom. The minimum atomic E-state index is -0.0874. The number of likely N-dealkylation sites (tertiary alicyclic amines) is 1. The molecule has 1 atom stereocenters. The minimum Gasteiger partial charge on any atom is -0.489 e. The van der Waals surface area contributed by atoms with E-state index in [-0.39, 0.29) is 12.0 Å². The lowest BCUT2D eigenvalue weighted by Gasteiger charge is -2.16. The molecule has 0 unspecified atom stereocenters. The summed E-state index contributed by atoms with van der Waals surface area (Å²) in [6, 6.07) is 13.2. The third kappa shape index (κ3) is 2.90. The molecule has 1 fully saturated rings. The third-order valence-corrected chi connectivity index (χ3v) is 3.52. The number of nitrogens with one attached hydrogen (secondary N) is 1. The number of aromatic nitrogens is 1. The fourth-order valence-electron chi connectivity index (χ4n) is 2.45. The zero-order valence-electron chi connectivity index (χ0n) is 11.5. The van der Waals surface area contributed by atoms with Gasteiger partial charge in [0, 0.05) is 19.2 Å². The van der Waals surface area contributed by atoms with E-state index in [1.165, 1.54) is 0 Å². The average molecular weight is 281 g/mol. The largest absolute Gasteiger partial charge is 0.489 e. The number of rotatable bonds is 3. The molecule has 0 saturated carbocycles. The van der Waals surface area contributed by atoms with Crippen LogP contribution in [0.2, 0.25) is 0 Å². The van der Waals surface area contributed by atoms with E-state index in [0.717, 1.165) is 12.2 Å². The Morgan fingerprint density at radius 3 is 2.90 bits per heavy atom. The predicted molar refractivity (Wildman–Crippen MR) is 76.9 cm³/mol. The second kappa shape index (κ2) is 5.71. The molecule has 3 rings (SSSR count). The highest BCUT2D eigenvalue weighted by Gasteiger charge is 2.28. The van der Waals surface area contributed by atoms with Gasteiger partial charge in [0.05, 0.1) is 12.1 Å². The number of carbonyl (C=O) groups is 1. The molecule has 1 aliphatic rings. The van der Waals surface area contributed by atoms with Crippen molar-refractivity contribution >= 4 is 5.91 Å². The number of para-hydroxylation sites is 1. The quantitative estimate of drug-likeness (QED) is 0.937. The Bertz CT molecular complexity index is 672. The van der Waals surface area contributed by atoms with Gasteiger partial charge >= 0.3 is 0 Å². The van der Waals surface area contributed by atoms with Gasteiger partial charge in [-0.1, -0.05) is 18.2 Å². The van der Waals surface area contributed by atoms with Crippen molar-refractivity contribution in [2.24, 2.45) is 0 Å². The van der Waals surface area contributed by atoms with Gasteiger partial charge < -0.3 is 14.6 Å². The van der Waals surface area contributed by atoms with Gasteiger partial charge in [0.25, 0.3) is 5.91 Å². The van der Waals surface area contributed by atoms with Crippen LogP contribution in [0.3, 0.4) is 0 Å². The molecule has 0 aliphatic carbocycles. The molecule has 2 heterocycles. The van der Waals surface area contributed by atoms with Crippen molar-refractivity contribution in [2.75, 3.05) is 13.1 Å². The Balaban J connectivity index is 1.61. The first-order valence-electron chi connectivity index (χ1n) is 6.86. The van der Waals surface area contributed by atoms with Crippen LogP contribution in [-0.4, -0.2) is 35.0 Å². The molecule has 0 spiro atoms. The summed E-state index contributed by atoms with van der Waals surface area (Å²) in [6.45, 7) is 1.23. The van der Waals surface area contributed by atoms with E-state index in [4.69, 9.17) is 10.00 Å². The lowest BCUT2D eigenvalue weighted by Crippen LogP contribution is -2.31. The average Bonchev–Trinajstić information content (AvgIpc) is 3.16. The molecule has 1 saturated heterocycles. The van der Waals surface area contributed by atoms with Crippen LogP contribution in [0.25, 0.3) is 0 Å². The summed E-state index contributed by atoms with van der Waals surface area (Å²) < 4.78 is 5.86. The van der Waals surface area contributed by atoms with Gasteiger partial charge in [0.1, 0.15) is 23.6 Å². The molecule has 5 nitrogen and oxygen atoms in total. The molecule has 106 valence electrons. The van der Waals surface area contributed by atoms with Crippen molar-refractivity contribution in [3.8, 4) is 11.8 Å². The van der Waals surface area contributed by atoms with Crippen LogP contribution in [0.15, 0.2) is 42.6 Å². The van der Waals surface area contributed by atoms with E-state index in [9.17, 15) is 4.79 Å². The molecule has 1 amide bonds. The second-order valence-corrected chi connectivity index (χ2v) is 5.01. The number of aromatic amines is 1. The van der Waals surface area contributed by atoms with E-state index >= 15 is 0 Å². The van der Waals surface area contributed by atoms with Crippen LogP contribution in [0, 0.1) is 11.3 Å². The number of amides is 1. The number of H-pyrrole nitrogens is 1. The van der Waals surface area contributed by atoms with E-state index < -0.39 is 0 Å². The zero-order valence-corrected chi connectivity index (χ0v) is 11.5. The van der Waals surface area contributed by atoms with E-state index in [0.29, 0.717) is 24.3 Å². The first kappa shape index (κ1) is 13.3. The topological polar surface area (TPSA) is 69.1 Å². The summed E-state index contributed by atoms with van der Waals surface area (Å²) in [6.07, 6.45) is 2.37. The summed E-state index contributed by atoms with van der Waals surface area (Å²) in [5.41, 5.74) is 0.918. The number of ether oxygens (including phenoxy) is 1. The fraction of sp³-hybridized carbons (Fsp3) is 0.250. The van der Waals surface area contributed by atoms with Crippen LogP contribution in [0.5, 0.6) is 5.75 Å². The summed E-state index contributed by atoms with van der Waals surface area (Å²) in [5, 5.41) is 8.79. The van der Waals surface area contributed by atoms with Gasteiger partial charge in [-0.3, -0.25) is 4.79 Å². The van der Waals surface area contributed by atoms with Crippen molar-refractivity contribution < 1.29 is 9.53 Å². The van der Waals surface area contributed by atoms with Crippen LogP contribution >= 0.6 is 0 Å². The molecule has 1 aromatic heterocycles. The highest BCUT2D eigenvalue weighted by atomic mass is 16.5. The molecule has 0 bridgehead atoms. The van der Waals surface area contributed by atoms with Crippen LogP contribution in [0.1, 0.15) is 22.5 Å². The Hall–Kier alpha value is -2.74. The van der Waals surface area contributed by atoms with Gasteiger partial charge in [0.2, 0.25) is 0 Å². The first-order chi connectivity index (χ1) is 10.3. The number of hydrogen-bond donors (Lipinski definition) is 1. The van der Waals surface area contributed by atoms with Gasteiger partial charge in [0.15, 0.2) is 0 Å². The molecule has 1 aliphatic heterocycles. The lowest BCUT2D eigenvalue weighted by molar-refractivity contribution is 0.0767. The second-order valence-electron chi connectivity index (χ2n) is 5.01. The van der Waals surface area contributed by atoms with E-state index in [2.05, 4.69) is 4.98 Å². The smallest absolute Gasteiger partial charge is 0.270 e. The van der Waals surface area contributed by atoms with Crippen LogP contribution in [0.4, 0.5) is 0 Å². The van der Waals surface area contributed by atoms with Crippen molar-refractivity contribution in [1.29, 1.82) is 5.26 Å². The van der Waals surface area contributed by atoms with Gasteiger partial charge in [-0.2, -0.15) is 5.26 Å². The van der Waals surface area contributed by atoms with Gasteiger partial charge in [-0.15, -0.1) is 0 Å². The fourth-order valence-corrected chi connectivity index (χ4v) is 2.45. The third-order valence-electron chi connectivity index (χ3n) is 3.52. The number of nitriles is 1. The maximum absolute atomic E-state index is 12.3. The van der Waals surface area contributed by atoms with Crippen LogP contribution in [-0.2, 0) is 0 Å². The normalized spacial score (nSPS) is 17.5. The first-order valence-corrected chi connectivity index (χ1v) is 6.86. The van der Waals surface area contributed by atoms with Crippen molar-refractivity contribution in [3.05, 3.63) is 53.9 Å². The Morgan fingerprint density at radius 1 is 1.38 bits per heavy atom. The molecule has 2 aromatic rings. The van der Waals surface area contributed by atoms with Crippen molar-refractivity contribution in [3.63, 3.8) is 0 Å². The highest BCUT2D eigenvalue weighted by molar-refractivity contribution is 5.93. The van der Waals surface area contributed by atoms with E-state index in [1.54, 1.807) is 17.2 Å². The highest BCUT2D eigenvalue weighted by Crippen LogP contribution is 2.19. The number of hydrogen-bond acceptors (Lipinski definition) is 3. The molecule has 1 aromatic carbocycles. The molecular formula is C16H15N3O2. The summed E-state index contributed by atoms with van der Waals surface area (Å²) in [7, 11) is 0. The number of benzene rings is 1. The number of nitrogens with zero attached hydrogens (tertiary/aromatic N) is 2. The Kier molecular flexibility index (Phi) is 3.61. The standard InChI is InChI=1S/C16H15N3O2/c17-9-12-8-15(18-10-12)16(20)19-7-6-14(11-19)21-13-4-2-1-3-5-13/h1-5,8,10,14,18H,6-7,11H2/t14-/m1/s1.